The normalized spacial score (nSPS) is 20.4. The van der Waals surface area contributed by atoms with Crippen LogP contribution in [0.15, 0.2) is 48.7 Å². The third kappa shape index (κ3) is 4.57. The molecule has 2 N–H and O–H groups in total. The molecule has 1 fully saturated rings. The Hall–Kier alpha value is -2.40. The van der Waals surface area contributed by atoms with Crippen molar-refractivity contribution in [2.24, 2.45) is 5.92 Å². The van der Waals surface area contributed by atoms with E-state index in [-0.39, 0.29) is 5.91 Å². The summed E-state index contributed by atoms with van der Waals surface area (Å²) in [6.07, 6.45) is 1.63. The number of aromatic nitrogens is 1. The molecule has 0 aliphatic carbocycles. The minimum atomic E-state index is -0.0789. The molecule has 0 saturated carbocycles. The highest BCUT2D eigenvalue weighted by Gasteiger charge is 2.29. The molecule has 1 aromatic heterocycles. The van der Waals surface area contributed by atoms with Crippen molar-refractivity contribution in [2.75, 3.05) is 25.0 Å². The lowest BCUT2D eigenvalue weighted by molar-refractivity contribution is 0.0955. The number of carbonyl (C=O) groups excluding carboxylic acids is 1. The van der Waals surface area contributed by atoms with Crippen molar-refractivity contribution in [3.63, 3.8) is 0 Å². The average molecular weight is 338 g/mol. The van der Waals surface area contributed by atoms with E-state index >= 15 is 0 Å². The minimum absolute atomic E-state index is 0.0789. The van der Waals surface area contributed by atoms with Gasteiger partial charge in [0, 0.05) is 38.4 Å². The van der Waals surface area contributed by atoms with Crippen LogP contribution in [0.2, 0.25) is 0 Å². The van der Waals surface area contributed by atoms with Gasteiger partial charge in [0.2, 0.25) is 0 Å². The highest BCUT2D eigenvalue weighted by molar-refractivity contribution is 5.93. The van der Waals surface area contributed by atoms with Gasteiger partial charge >= 0.3 is 0 Å². The highest BCUT2D eigenvalue weighted by atomic mass is 16.1. The number of amides is 1. The molecule has 1 amide bonds. The second-order valence-electron chi connectivity index (χ2n) is 6.70. The van der Waals surface area contributed by atoms with Crippen LogP contribution in [0.1, 0.15) is 29.8 Å². The Morgan fingerprint density at radius 3 is 2.68 bits per heavy atom. The number of nitrogens with one attached hydrogen (secondary N) is 2. The van der Waals surface area contributed by atoms with E-state index in [1.54, 1.807) is 6.20 Å². The summed E-state index contributed by atoms with van der Waals surface area (Å²) in [4.78, 5) is 18.7. The molecule has 0 spiro atoms. The van der Waals surface area contributed by atoms with Crippen LogP contribution in [0.5, 0.6) is 0 Å². The van der Waals surface area contributed by atoms with Gasteiger partial charge in [-0.3, -0.25) is 9.69 Å². The summed E-state index contributed by atoms with van der Waals surface area (Å²) in [5.74, 6) is 1.30. The Bertz CT molecular complexity index is 687. The third-order valence-corrected chi connectivity index (χ3v) is 4.63. The zero-order chi connectivity index (χ0) is 17.6. The molecule has 2 aromatic rings. The first-order valence-corrected chi connectivity index (χ1v) is 8.92. The Kier molecular flexibility index (Phi) is 5.66. The fourth-order valence-electron chi connectivity index (χ4n) is 3.29. The number of anilines is 1. The van der Waals surface area contributed by atoms with Crippen LogP contribution in [-0.2, 0) is 6.54 Å². The van der Waals surface area contributed by atoms with Crippen molar-refractivity contribution in [2.45, 2.75) is 26.4 Å². The highest BCUT2D eigenvalue weighted by Crippen LogP contribution is 2.22. The molecule has 3 rings (SSSR count). The molecule has 0 bridgehead atoms. The quantitative estimate of drug-likeness (QED) is 0.850. The van der Waals surface area contributed by atoms with Crippen LogP contribution >= 0.6 is 0 Å². The molecule has 1 aromatic carbocycles. The zero-order valence-electron chi connectivity index (χ0n) is 14.9. The summed E-state index contributed by atoms with van der Waals surface area (Å²) >= 11 is 0. The lowest BCUT2D eigenvalue weighted by Crippen LogP contribution is -2.28. The van der Waals surface area contributed by atoms with Crippen molar-refractivity contribution in [3.05, 3.63) is 59.8 Å². The van der Waals surface area contributed by atoms with Crippen LogP contribution < -0.4 is 10.6 Å². The van der Waals surface area contributed by atoms with Gasteiger partial charge in [-0.15, -0.1) is 0 Å². The SMILES string of the molecule is CCNC(=O)c1ccc(NC2CN(Cc3ccccc3)CC2C)nc1. The summed E-state index contributed by atoms with van der Waals surface area (Å²) in [6, 6.07) is 14.6. The first-order chi connectivity index (χ1) is 12.2. The monoisotopic (exact) mass is 338 g/mol. The van der Waals surface area contributed by atoms with Gasteiger partial charge in [0.05, 0.1) is 5.56 Å². The average Bonchev–Trinajstić information content (AvgIpc) is 2.96. The molecule has 132 valence electrons. The molecule has 25 heavy (non-hydrogen) atoms. The number of hydrogen-bond donors (Lipinski definition) is 2. The summed E-state index contributed by atoms with van der Waals surface area (Å²) in [7, 11) is 0. The van der Waals surface area contributed by atoms with E-state index in [9.17, 15) is 4.79 Å². The Labute approximate surface area is 149 Å². The van der Waals surface area contributed by atoms with E-state index in [0.29, 0.717) is 24.1 Å². The Balaban J connectivity index is 1.56. The number of benzene rings is 1. The fourth-order valence-corrected chi connectivity index (χ4v) is 3.29. The van der Waals surface area contributed by atoms with E-state index in [0.717, 1.165) is 25.5 Å². The maximum absolute atomic E-state index is 11.8. The third-order valence-electron chi connectivity index (χ3n) is 4.63. The molecule has 5 nitrogen and oxygen atoms in total. The standard InChI is InChI=1S/C20H26N4O/c1-3-21-20(25)17-9-10-19(22-11-17)23-18-14-24(12-15(18)2)13-16-7-5-4-6-8-16/h4-11,15,18H,3,12-14H2,1-2H3,(H,21,25)(H,22,23). The second-order valence-corrected chi connectivity index (χ2v) is 6.70. The lowest BCUT2D eigenvalue weighted by Gasteiger charge is -2.18. The summed E-state index contributed by atoms with van der Waals surface area (Å²) in [5, 5.41) is 6.30. The van der Waals surface area contributed by atoms with Crippen LogP contribution in [0.3, 0.4) is 0 Å². The van der Waals surface area contributed by atoms with Crippen molar-refractivity contribution in [1.82, 2.24) is 15.2 Å². The number of nitrogens with zero attached hydrogens (tertiary/aromatic N) is 2. The van der Waals surface area contributed by atoms with Crippen LogP contribution in [0, 0.1) is 5.92 Å². The molecule has 1 saturated heterocycles. The van der Waals surface area contributed by atoms with Gasteiger partial charge < -0.3 is 10.6 Å². The smallest absolute Gasteiger partial charge is 0.252 e. The number of pyridine rings is 1. The van der Waals surface area contributed by atoms with Gasteiger partial charge in [-0.1, -0.05) is 37.3 Å². The van der Waals surface area contributed by atoms with Gasteiger partial charge in [0.1, 0.15) is 5.82 Å². The molecule has 2 atom stereocenters. The molecule has 2 unspecified atom stereocenters. The first-order valence-electron chi connectivity index (χ1n) is 8.92. The predicted molar refractivity (Wildman–Crippen MR) is 101 cm³/mol. The van der Waals surface area contributed by atoms with Gasteiger partial charge in [-0.25, -0.2) is 4.98 Å². The molecular weight excluding hydrogens is 312 g/mol. The topological polar surface area (TPSA) is 57.3 Å². The van der Waals surface area contributed by atoms with Crippen LogP contribution in [0.25, 0.3) is 0 Å². The van der Waals surface area contributed by atoms with Gasteiger partial charge in [0.15, 0.2) is 0 Å². The largest absolute Gasteiger partial charge is 0.366 e. The number of rotatable bonds is 6. The summed E-state index contributed by atoms with van der Waals surface area (Å²) in [6.45, 7) is 7.84. The first kappa shape index (κ1) is 17.4. The molecule has 0 radical (unpaired) electrons. The van der Waals surface area contributed by atoms with E-state index in [2.05, 4.69) is 57.8 Å². The summed E-state index contributed by atoms with van der Waals surface area (Å²) < 4.78 is 0. The zero-order valence-corrected chi connectivity index (χ0v) is 14.9. The Morgan fingerprint density at radius 1 is 1.20 bits per heavy atom. The second kappa shape index (κ2) is 8.12. The number of carbonyl (C=O) groups is 1. The van der Waals surface area contributed by atoms with Gasteiger partial charge in [0.25, 0.3) is 5.91 Å². The van der Waals surface area contributed by atoms with Crippen LogP contribution in [0.4, 0.5) is 5.82 Å². The number of hydrogen-bond acceptors (Lipinski definition) is 4. The van der Waals surface area contributed by atoms with Crippen molar-refractivity contribution < 1.29 is 4.79 Å². The van der Waals surface area contributed by atoms with Crippen molar-refractivity contribution >= 4 is 11.7 Å². The molecular formula is C20H26N4O. The van der Waals surface area contributed by atoms with E-state index in [1.807, 2.05) is 19.1 Å². The van der Waals surface area contributed by atoms with E-state index < -0.39 is 0 Å². The number of likely N-dealkylation sites (tertiary alicyclic amines) is 1. The van der Waals surface area contributed by atoms with Gasteiger partial charge in [-0.05, 0) is 30.5 Å². The van der Waals surface area contributed by atoms with E-state index in [1.165, 1.54) is 5.56 Å². The molecule has 1 aliphatic heterocycles. The fraction of sp³-hybridized carbons (Fsp3) is 0.400. The van der Waals surface area contributed by atoms with Gasteiger partial charge in [-0.2, -0.15) is 0 Å². The predicted octanol–water partition coefficient (Wildman–Crippen LogP) is 2.76. The Morgan fingerprint density at radius 2 is 2.00 bits per heavy atom. The maximum atomic E-state index is 11.8. The molecule has 5 heteroatoms. The van der Waals surface area contributed by atoms with Crippen LogP contribution in [-0.4, -0.2) is 41.5 Å². The molecule has 1 aliphatic rings. The van der Waals surface area contributed by atoms with E-state index in [4.69, 9.17) is 0 Å². The maximum Gasteiger partial charge on any atom is 0.252 e. The van der Waals surface area contributed by atoms with Crippen molar-refractivity contribution in [3.8, 4) is 0 Å². The van der Waals surface area contributed by atoms with Crippen molar-refractivity contribution in [1.29, 1.82) is 0 Å². The molecule has 2 heterocycles. The lowest BCUT2D eigenvalue weighted by atomic mass is 10.1. The minimum Gasteiger partial charge on any atom is -0.366 e. The summed E-state index contributed by atoms with van der Waals surface area (Å²) in [5.41, 5.74) is 1.94.